The lowest BCUT2D eigenvalue weighted by Gasteiger charge is -1.61. The van der Waals surface area contributed by atoms with Crippen molar-refractivity contribution in [2.24, 2.45) is 0 Å². The third-order valence-electron chi connectivity index (χ3n) is 0.723. The minimum atomic E-state index is -1.29. The van der Waals surface area contributed by atoms with Crippen LogP contribution in [0.2, 0.25) is 0 Å². The minimum Gasteiger partial charge on any atom is -0.357 e. The fourth-order valence-corrected chi connectivity index (χ4v) is 0.389. The Kier molecular flexibility index (Phi) is 1.49. The van der Waals surface area contributed by atoms with Gasteiger partial charge in [-0.05, 0) is 0 Å². The van der Waals surface area contributed by atoms with E-state index < -0.39 is 17.1 Å². The van der Waals surface area contributed by atoms with Crippen LogP contribution in [0.1, 0.15) is 0 Å². The summed E-state index contributed by atoms with van der Waals surface area (Å²) in [5.41, 5.74) is -1.81. The van der Waals surface area contributed by atoms with Crippen LogP contribution in [0.3, 0.4) is 0 Å². The monoisotopic (exact) mass is 142 g/mol. The van der Waals surface area contributed by atoms with Crippen LogP contribution in [0, 0.1) is 0 Å². The van der Waals surface area contributed by atoms with E-state index in [0.29, 0.717) is 0 Å². The number of rotatable bonds is 0. The van der Waals surface area contributed by atoms with E-state index in [9.17, 15) is 14.4 Å². The van der Waals surface area contributed by atoms with Gasteiger partial charge in [0.15, 0.2) is 0 Å². The van der Waals surface area contributed by atoms with Crippen molar-refractivity contribution in [2.75, 3.05) is 0 Å². The van der Waals surface area contributed by atoms with Crippen LogP contribution >= 0.6 is 0 Å². The molecule has 1 aromatic rings. The summed E-state index contributed by atoms with van der Waals surface area (Å²) in [6.07, 6.45) is 0. The molecular weight excluding hydrogens is 140 g/mol. The SMILES string of the molecule is O=c1ccc(=O)oc(=O)o1. The molecule has 0 saturated heterocycles. The third kappa shape index (κ3) is 1.41. The molecule has 0 spiro atoms. The van der Waals surface area contributed by atoms with Gasteiger partial charge in [0.2, 0.25) is 0 Å². The van der Waals surface area contributed by atoms with E-state index in [2.05, 4.69) is 8.83 Å². The van der Waals surface area contributed by atoms with E-state index in [4.69, 9.17) is 0 Å². The van der Waals surface area contributed by atoms with Crippen LogP contribution in [-0.2, 0) is 0 Å². The summed E-state index contributed by atoms with van der Waals surface area (Å²) in [4.78, 5) is 30.7. The molecule has 0 atom stereocenters. The molecule has 0 aromatic carbocycles. The van der Waals surface area contributed by atoms with Gasteiger partial charge in [0.1, 0.15) is 0 Å². The molecule has 0 saturated carbocycles. The van der Waals surface area contributed by atoms with Crippen molar-refractivity contribution in [3.8, 4) is 0 Å². The topological polar surface area (TPSA) is 77.5 Å². The van der Waals surface area contributed by atoms with Gasteiger partial charge in [-0.25, -0.2) is 14.4 Å². The van der Waals surface area contributed by atoms with Gasteiger partial charge in [0.25, 0.3) is 0 Å². The highest BCUT2D eigenvalue weighted by atomic mass is 16.6. The zero-order valence-electron chi connectivity index (χ0n) is 4.70. The summed E-state index contributed by atoms with van der Waals surface area (Å²) in [6, 6.07) is 1.63. The van der Waals surface area contributed by atoms with Gasteiger partial charge in [-0.1, -0.05) is 0 Å². The first-order valence-electron chi connectivity index (χ1n) is 2.34. The first kappa shape index (κ1) is 6.47. The Bertz CT molecular complexity index is 348. The summed E-state index contributed by atoms with van der Waals surface area (Å²) >= 11 is 0. The number of hydrogen-bond donors (Lipinski definition) is 0. The first-order chi connectivity index (χ1) is 4.68. The molecule has 1 heterocycles. The first-order valence-corrected chi connectivity index (χ1v) is 2.34. The van der Waals surface area contributed by atoms with E-state index in [-0.39, 0.29) is 0 Å². The fraction of sp³-hybridized carbons (Fsp3) is 0. The molecule has 0 aliphatic heterocycles. The van der Waals surface area contributed by atoms with Gasteiger partial charge < -0.3 is 8.83 Å². The quantitative estimate of drug-likeness (QED) is 0.462. The second-order valence-corrected chi connectivity index (χ2v) is 1.43. The van der Waals surface area contributed by atoms with Gasteiger partial charge in [0.05, 0.1) is 0 Å². The lowest BCUT2D eigenvalue weighted by Crippen LogP contribution is -2.04. The lowest BCUT2D eigenvalue weighted by molar-refractivity contribution is 0.309. The molecule has 1 aromatic heterocycles. The summed E-state index contributed by atoms with van der Waals surface area (Å²) in [6.45, 7) is 0. The molecule has 0 bridgehead atoms. The lowest BCUT2D eigenvalue weighted by atomic mass is 10.6. The molecule has 0 fully saturated rings. The zero-order chi connectivity index (χ0) is 7.56. The van der Waals surface area contributed by atoms with Gasteiger partial charge in [-0.15, -0.1) is 0 Å². The van der Waals surface area contributed by atoms with Crippen molar-refractivity contribution in [1.29, 1.82) is 0 Å². The highest BCUT2D eigenvalue weighted by Gasteiger charge is 1.88. The van der Waals surface area contributed by atoms with Crippen LogP contribution in [0.15, 0.2) is 35.4 Å². The van der Waals surface area contributed by atoms with Crippen LogP contribution in [0.5, 0.6) is 0 Å². The van der Waals surface area contributed by atoms with Gasteiger partial charge in [0, 0.05) is 12.1 Å². The van der Waals surface area contributed by atoms with E-state index in [0.717, 1.165) is 12.1 Å². The predicted octanol–water partition coefficient (Wildman–Crippen LogP) is -1.05. The van der Waals surface area contributed by atoms with Crippen molar-refractivity contribution < 1.29 is 8.83 Å². The molecule has 5 nitrogen and oxygen atoms in total. The molecule has 0 aliphatic carbocycles. The Hall–Kier alpha value is -1.65. The van der Waals surface area contributed by atoms with E-state index >= 15 is 0 Å². The van der Waals surface area contributed by atoms with Gasteiger partial charge >= 0.3 is 17.1 Å². The maximum atomic E-state index is 10.3. The second kappa shape index (κ2) is 2.30. The zero-order valence-corrected chi connectivity index (χ0v) is 4.70. The van der Waals surface area contributed by atoms with Gasteiger partial charge in [-0.2, -0.15) is 0 Å². The molecule has 0 N–H and O–H groups in total. The molecule has 0 aliphatic rings. The Morgan fingerprint density at radius 3 is 1.70 bits per heavy atom. The largest absolute Gasteiger partial charge is 0.524 e. The molecule has 0 unspecified atom stereocenters. The summed E-state index contributed by atoms with van der Waals surface area (Å²) < 4.78 is 7.75. The molecule has 52 valence electrons. The molecule has 1 rings (SSSR count). The fourth-order valence-electron chi connectivity index (χ4n) is 0.389. The Morgan fingerprint density at radius 2 is 1.30 bits per heavy atom. The summed E-state index contributed by atoms with van der Waals surface area (Å²) in [5.74, 6) is -1.29. The molecule has 10 heavy (non-hydrogen) atoms. The van der Waals surface area contributed by atoms with Crippen LogP contribution in [0.25, 0.3) is 0 Å². The molecule has 5 heteroatoms. The summed E-state index contributed by atoms with van der Waals surface area (Å²) in [5, 5.41) is 0. The van der Waals surface area contributed by atoms with Crippen molar-refractivity contribution in [1.82, 2.24) is 0 Å². The van der Waals surface area contributed by atoms with Crippen LogP contribution in [-0.4, -0.2) is 0 Å². The third-order valence-corrected chi connectivity index (χ3v) is 0.723. The minimum absolute atomic E-state index is 0.813. The molecule has 0 amide bonds. The predicted molar refractivity (Wildman–Crippen MR) is 29.8 cm³/mol. The maximum Gasteiger partial charge on any atom is 0.524 e. The average Bonchev–Trinajstić information content (AvgIpc) is 1.93. The van der Waals surface area contributed by atoms with Crippen LogP contribution < -0.4 is 17.1 Å². The standard InChI is InChI=1S/C5H2O5/c6-3-1-2-4(7)10-5(8)9-3/h1-2H. The highest BCUT2D eigenvalue weighted by Crippen LogP contribution is 1.57. The Labute approximate surface area is 53.5 Å². The average molecular weight is 142 g/mol. The molecular formula is C5H2O5. The second-order valence-electron chi connectivity index (χ2n) is 1.43. The normalized spacial score (nSPS) is 9.20. The van der Waals surface area contributed by atoms with Crippen molar-refractivity contribution in [3.05, 3.63) is 43.6 Å². The summed E-state index contributed by atoms with van der Waals surface area (Å²) in [7, 11) is 0. The van der Waals surface area contributed by atoms with E-state index in [1.807, 2.05) is 0 Å². The maximum absolute atomic E-state index is 10.3. The van der Waals surface area contributed by atoms with Crippen molar-refractivity contribution in [3.63, 3.8) is 0 Å². The highest BCUT2D eigenvalue weighted by molar-refractivity contribution is 4.78. The van der Waals surface area contributed by atoms with Gasteiger partial charge in [-0.3, -0.25) is 0 Å². The number of hydrogen-bond acceptors (Lipinski definition) is 5. The van der Waals surface area contributed by atoms with E-state index in [1.54, 1.807) is 0 Å². The van der Waals surface area contributed by atoms with Crippen molar-refractivity contribution in [2.45, 2.75) is 0 Å². The van der Waals surface area contributed by atoms with Crippen molar-refractivity contribution >= 4 is 0 Å². The van der Waals surface area contributed by atoms with E-state index in [1.165, 1.54) is 0 Å². The Balaban J connectivity index is 3.75. The van der Waals surface area contributed by atoms with Crippen LogP contribution in [0.4, 0.5) is 0 Å². The smallest absolute Gasteiger partial charge is 0.357 e. The molecule has 0 radical (unpaired) electrons. The Morgan fingerprint density at radius 1 is 0.900 bits per heavy atom.